The van der Waals surface area contributed by atoms with Gasteiger partial charge in [-0.1, -0.05) is 0 Å². The molecule has 1 aromatic heterocycles. The predicted molar refractivity (Wildman–Crippen MR) is 60.4 cm³/mol. The first-order valence-electron chi connectivity index (χ1n) is 4.32. The highest BCUT2D eigenvalue weighted by Crippen LogP contribution is 2.17. The second-order valence-corrected chi connectivity index (χ2v) is 7.70. The smallest absolute Gasteiger partial charge is 0.181 e. The molecule has 0 amide bonds. The highest BCUT2D eigenvalue weighted by atomic mass is 32.2. The van der Waals surface area contributed by atoms with E-state index >= 15 is 0 Å². The number of nitrogens with zero attached hydrogens (tertiary/aromatic N) is 1. The first kappa shape index (κ1) is 12.9. The molecule has 0 aliphatic carbocycles. The summed E-state index contributed by atoms with van der Waals surface area (Å²) in [5.41, 5.74) is 5.48. The van der Waals surface area contributed by atoms with Crippen LogP contribution in [0.15, 0.2) is 23.4 Å². The second-order valence-electron chi connectivity index (χ2n) is 3.36. The van der Waals surface area contributed by atoms with Gasteiger partial charge in [0.2, 0.25) is 0 Å². The molecule has 0 unspecified atom stereocenters. The lowest BCUT2D eigenvalue weighted by atomic mass is 10.4. The van der Waals surface area contributed by atoms with Gasteiger partial charge in [-0.3, -0.25) is 4.98 Å². The van der Waals surface area contributed by atoms with Crippen LogP contribution in [-0.2, 0) is 19.7 Å². The summed E-state index contributed by atoms with van der Waals surface area (Å²) in [6.45, 7) is 0. The molecule has 8 heteroatoms. The maximum Gasteiger partial charge on any atom is 0.181 e. The molecule has 90 valence electrons. The topological polar surface area (TPSA) is 107 Å². The average molecular weight is 264 g/mol. The lowest BCUT2D eigenvalue weighted by molar-refractivity contribution is 0.590. The van der Waals surface area contributed by atoms with Crippen molar-refractivity contribution < 1.29 is 16.8 Å². The standard InChI is InChI=1S/C8H12N2O4S2/c1-15(11,12)4-5-16(13,14)8-2-3-10-6-7(8)9/h2-3,6H,4-5,9H2,1H3. The fourth-order valence-corrected chi connectivity index (χ4v) is 4.04. The number of pyridine rings is 1. The number of rotatable bonds is 4. The molecule has 0 bridgehead atoms. The van der Waals surface area contributed by atoms with Gasteiger partial charge < -0.3 is 5.73 Å². The lowest BCUT2D eigenvalue weighted by Gasteiger charge is -2.05. The Hall–Kier alpha value is -1.15. The van der Waals surface area contributed by atoms with Crippen molar-refractivity contribution in [1.29, 1.82) is 0 Å². The highest BCUT2D eigenvalue weighted by molar-refractivity contribution is 7.94. The first-order valence-corrected chi connectivity index (χ1v) is 8.03. The summed E-state index contributed by atoms with van der Waals surface area (Å²) in [6, 6.07) is 1.26. The third kappa shape index (κ3) is 3.46. The molecule has 16 heavy (non-hydrogen) atoms. The SMILES string of the molecule is CS(=O)(=O)CCS(=O)(=O)c1ccncc1N. The number of hydrogen-bond donors (Lipinski definition) is 1. The molecule has 0 aliphatic heterocycles. The van der Waals surface area contributed by atoms with Crippen LogP contribution in [0.3, 0.4) is 0 Å². The van der Waals surface area contributed by atoms with E-state index in [0.29, 0.717) is 0 Å². The molecule has 1 aromatic rings. The zero-order valence-electron chi connectivity index (χ0n) is 8.62. The number of nitrogens with two attached hydrogens (primary N) is 1. The molecule has 0 aromatic carbocycles. The van der Waals surface area contributed by atoms with Crippen LogP contribution in [-0.4, -0.2) is 39.6 Å². The zero-order chi connectivity index (χ0) is 12.4. The highest BCUT2D eigenvalue weighted by Gasteiger charge is 2.19. The first-order chi connectivity index (χ1) is 7.22. The molecule has 6 nitrogen and oxygen atoms in total. The molecule has 0 fully saturated rings. The van der Waals surface area contributed by atoms with Crippen LogP contribution in [0.2, 0.25) is 0 Å². The Morgan fingerprint density at radius 3 is 2.38 bits per heavy atom. The number of hydrogen-bond acceptors (Lipinski definition) is 6. The van der Waals surface area contributed by atoms with Crippen LogP contribution in [0.5, 0.6) is 0 Å². The van der Waals surface area contributed by atoms with Crippen molar-refractivity contribution in [3.8, 4) is 0 Å². The number of nitrogen functional groups attached to an aromatic ring is 1. The van der Waals surface area contributed by atoms with E-state index in [4.69, 9.17) is 5.73 Å². The van der Waals surface area contributed by atoms with E-state index in [9.17, 15) is 16.8 Å². The minimum absolute atomic E-state index is 0.0241. The Morgan fingerprint density at radius 1 is 1.25 bits per heavy atom. The van der Waals surface area contributed by atoms with Gasteiger partial charge in [0.1, 0.15) is 9.84 Å². The fourth-order valence-electron chi connectivity index (χ4n) is 1.05. The Bertz CT molecular complexity index is 578. The van der Waals surface area contributed by atoms with E-state index in [-0.39, 0.29) is 10.6 Å². The summed E-state index contributed by atoms with van der Waals surface area (Å²) in [4.78, 5) is 3.58. The predicted octanol–water partition coefficient (Wildman–Crippen LogP) is -0.518. The summed E-state index contributed by atoms with van der Waals surface area (Å²) in [5, 5.41) is 0. The molecule has 0 aliphatic rings. The summed E-state index contributed by atoms with van der Waals surface area (Å²) < 4.78 is 45.2. The van der Waals surface area contributed by atoms with Crippen LogP contribution in [0.25, 0.3) is 0 Å². The van der Waals surface area contributed by atoms with Gasteiger partial charge in [0.15, 0.2) is 9.84 Å². The molecule has 0 spiro atoms. The Kier molecular flexibility index (Phi) is 3.54. The number of sulfone groups is 2. The van der Waals surface area contributed by atoms with Crippen LogP contribution < -0.4 is 5.73 Å². The summed E-state index contributed by atoms with van der Waals surface area (Å²) in [7, 11) is -6.98. The van der Waals surface area contributed by atoms with Gasteiger partial charge in [0, 0.05) is 12.5 Å². The second kappa shape index (κ2) is 4.38. The lowest BCUT2D eigenvalue weighted by Crippen LogP contribution is -2.17. The van der Waals surface area contributed by atoms with Crippen molar-refractivity contribution in [2.24, 2.45) is 0 Å². The van der Waals surface area contributed by atoms with Gasteiger partial charge in [-0.25, -0.2) is 16.8 Å². The van der Waals surface area contributed by atoms with Crippen LogP contribution in [0.1, 0.15) is 0 Å². The molecule has 0 atom stereocenters. The quantitative estimate of drug-likeness (QED) is 0.784. The Labute approximate surface area is 94.3 Å². The van der Waals surface area contributed by atoms with Gasteiger partial charge >= 0.3 is 0 Å². The molecular weight excluding hydrogens is 252 g/mol. The van der Waals surface area contributed by atoms with Gasteiger partial charge in [0.05, 0.1) is 28.3 Å². The Morgan fingerprint density at radius 2 is 1.88 bits per heavy atom. The molecule has 1 rings (SSSR count). The van der Waals surface area contributed by atoms with E-state index in [1.165, 1.54) is 18.5 Å². The third-order valence-electron chi connectivity index (χ3n) is 1.87. The molecule has 0 saturated heterocycles. The van der Waals surface area contributed by atoms with Crippen molar-refractivity contribution in [3.63, 3.8) is 0 Å². The van der Waals surface area contributed by atoms with Crippen LogP contribution in [0, 0.1) is 0 Å². The van der Waals surface area contributed by atoms with Crippen LogP contribution in [0.4, 0.5) is 5.69 Å². The summed E-state index contributed by atoms with van der Waals surface area (Å²) >= 11 is 0. The number of aromatic nitrogens is 1. The van der Waals surface area contributed by atoms with Gasteiger partial charge in [0.25, 0.3) is 0 Å². The fraction of sp³-hybridized carbons (Fsp3) is 0.375. The molecule has 0 radical (unpaired) electrons. The van der Waals surface area contributed by atoms with E-state index in [0.717, 1.165) is 6.26 Å². The third-order valence-corrected chi connectivity index (χ3v) is 4.86. The monoisotopic (exact) mass is 264 g/mol. The number of anilines is 1. The normalized spacial score (nSPS) is 12.6. The van der Waals surface area contributed by atoms with Crippen molar-refractivity contribution in [3.05, 3.63) is 18.5 Å². The van der Waals surface area contributed by atoms with E-state index in [1.54, 1.807) is 0 Å². The largest absolute Gasteiger partial charge is 0.396 e. The summed E-state index contributed by atoms with van der Waals surface area (Å²) in [5.74, 6) is -0.892. The van der Waals surface area contributed by atoms with Gasteiger partial charge in [-0.2, -0.15) is 0 Å². The molecule has 0 saturated carbocycles. The Balaban J connectivity index is 3.01. The van der Waals surface area contributed by atoms with Gasteiger partial charge in [-0.05, 0) is 6.07 Å². The van der Waals surface area contributed by atoms with E-state index in [2.05, 4.69) is 4.98 Å². The van der Waals surface area contributed by atoms with Crippen molar-refractivity contribution >= 4 is 25.4 Å². The minimum Gasteiger partial charge on any atom is -0.396 e. The molecular formula is C8H12N2O4S2. The van der Waals surface area contributed by atoms with E-state index in [1.807, 2.05) is 0 Å². The van der Waals surface area contributed by atoms with Crippen molar-refractivity contribution in [2.75, 3.05) is 23.5 Å². The van der Waals surface area contributed by atoms with Crippen molar-refractivity contribution in [2.45, 2.75) is 4.90 Å². The minimum atomic E-state index is -3.67. The maximum absolute atomic E-state index is 11.7. The van der Waals surface area contributed by atoms with E-state index < -0.39 is 31.2 Å². The summed E-state index contributed by atoms with van der Waals surface area (Å²) in [6.07, 6.45) is 3.50. The average Bonchev–Trinajstić information content (AvgIpc) is 2.14. The maximum atomic E-state index is 11.7. The zero-order valence-corrected chi connectivity index (χ0v) is 10.3. The molecule has 2 N–H and O–H groups in total. The van der Waals surface area contributed by atoms with Crippen LogP contribution >= 0.6 is 0 Å². The van der Waals surface area contributed by atoms with Gasteiger partial charge in [-0.15, -0.1) is 0 Å². The van der Waals surface area contributed by atoms with Crippen molar-refractivity contribution in [1.82, 2.24) is 4.98 Å². The molecule has 1 heterocycles.